The third-order valence-corrected chi connectivity index (χ3v) is 3.24. The van der Waals surface area contributed by atoms with Crippen molar-refractivity contribution in [1.82, 2.24) is 5.43 Å². The molecule has 0 aliphatic rings. The van der Waals surface area contributed by atoms with Crippen molar-refractivity contribution in [1.29, 1.82) is 0 Å². The molecule has 0 spiro atoms. The summed E-state index contributed by atoms with van der Waals surface area (Å²) in [6.07, 6.45) is 0.825. The predicted molar refractivity (Wildman–Crippen MR) is 91.8 cm³/mol. The highest BCUT2D eigenvalue weighted by Gasteiger charge is 2.13. The fourth-order valence-electron chi connectivity index (χ4n) is 1.95. The zero-order valence-corrected chi connectivity index (χ0v) is 13.9. The van der Waals surface area contributed by atoms with Crippen LogP contribution >= 0.6 is 0 Å². The molecule has 0 bridgehead atoms. The lowest BCUT2D eigenvalue weighted by molar-refractivity contribution is -0.127. The number of nitrogens with one attached hydrogen (secondary N) is 1. The molecule has 1 atom stereocenters. The Morgan fingerprint density at radius 1 is 1.08 bits per heavy atom. The largest absolute Gasteiger partial charge is 0.497 e. The summed E-state index contributed by atoms with van der Waals surface area (Å²) in [5, 5.41) is 3.95. The summed E-state index contributed by atoms with van der Waals surface area (Å²) >= 11 is 0. The molecule has 126 valence electrons. The Balaban J connectivity index is 1.96. The molecule has 0 radical (unpaired) electrons. The van der Waals surface area contributed by atoms with Gasteiger partial charge in [0.15, 0.2) is 6.10 Å². The number of carbonyl (C=O) groups is 1. The van der Waals surface area contributed by atoms with Crippen molar-refractivity contribution in [3.05, 3.63) is 54.1 Å². The summed E-state index contributed by atoms with van der Waals surface area (Å²) in [6.45, 7) is 1.66. The normalized spacial score (nSPS) is 11.8. The second-order valence-corrected chi connectivity index (χ2v) is 4.92. The molecule has 0 aromatic heterocycles. The molecule has 1 N–H and O–H groups in total. The van der Waals surface area contributed by atoms with Gasteiger partial charge in [-0.3, -0.25) is 4.79 Å². The first-order valence-electron chi connectivity index (χ1n) is 7.40. The summed E-state index contributed by atoms with van der Waals surface area (Å²) in [6, 6.07) is 14.4. The number of ether oxygens (including phenoxy) is 3. The van der Waals surface area contributed by atoms with Gasteiger partial charge in [0.25, 0.3) is 5.91 Å². The van der Waals surface area contributed by atoms with Gasteiger partial charge in [-0.15, -0.1) is 0 Å². The minimum Gasteiger partial charge on any atom is -0.497 e. The van der Waals surface area contributed by atoms with E-state index in [2.05, 4.69) is 10.5 Å². The molecule has 0 aliphatic heterocycles. The monoisotopic (exact) mass is 328 g/mol. The highest BCUT2D eigenvalue weighted by Crippen LogP contribution is 2.22. The fourth-order valence-corrected chi connectivity index (χ4v) is 1.95. The number of rotatable bonds is 7. The molecule has 1 amide bonds. The van der Waals surface area contributed by atoms with Gasteiger partial charge in [-0.1, -0.05) is 18.2 Å². The van der Waals surface area contributed by atoms with Gasteiger partial charge in [-0.05, 0) is 37.3 Å². The number of methoxy groups -OCH3 is 2. The minimum absolute atomic E-state index is 0.350. The maximum Gasteiger partial charge on any atom is 0.280 e. The molecular formula is C18H20N2O4. The molecule has 0 heterocycles. The molecule has 24 heavy (non-hydrogen) atoms. The highest BCUT2D eigenvalue weighted by atomic mass is 16.5. The molecule has 0 saturated heterocycles. The van der Waals surface area contributed by atoms with Gasteiger partial charge in [-0.25, -0.2) is 5.43 Å². The van der Waals surface area contributed by atoms with Gasteiger partial charge in [0.2, 0.25) is 0 Å². The van der Waals surface area contributed by atoms with Crippen LogP contribution in [0.4, 0.5) is 0 Å². The van der Waals surface area contributed by atoms with Crippen LogP contribution in [0.3, 0.4) is 0 Å². The Hall–Kier alpha value is -3.02. The smallest absolute Gasteiger partial charge is 0.280 e. The Labute approximate surface area is 141 Å². The summed E-state index contributed by atoms with van der Waals surface area (Å²) in [5.74, 6) is 1.57. The molecular weight excluding hydrogens is 308 g/mol. The van der Waals surface area contributed by atoms with E-state index >= 15 is 0 Å². The van der Waals surface area contributed by atoms with Gasteiger partial charge in [-0.2, -0.15) is 5.10 Å². The SMILES string of the molecule is COc1ccc(OC)c(/C=N/NC(=O)C(C)Oc2ccccc2)c1. The Kier molecular flexibility index (Phi) is 6.19. The number of benzene rings is 2. The summed E-state index contributed by atoms with van der Waals surface area (Å²) in [5.41, 5.74) is 3.14. The van der Waals surface area contributed by atoms with Gasteiger partial charge in [0.1, 0.15) is 17.2 Å². The molecule has 2 rings (SSSR count). The van der Waals surface area contributed by atoms with E-state index in [1.54, 1.807) is 51.5 Å². The Morgan fingerprint density at radius 2 is 1.83 bits per heavy atom. The lowest BCUT2D eigenvalue weighted by atomic mass is 10.2. The first-order chi connectivity index (χ1) is 11.6. The topological polar surface area (TPSA) is 69.2 Å². The number of hydrogen-bond donors (Lipinski definition) is 1. The van der Waals surface area contributed by atoms with E-state index in [-0.39, 0.29) is 5.91 Å². The van der Waals surface area contributed by atoms with Crippen molar-refractivity contribution in [3.63, 3.8) is 0 Å². The number of carbonyl (C=O) groups excluding carboxylic acids is 1. The van der Waals surface area contributed by atoms with Crippen molar-refractivity contribution in [2.45, 2.75) is 13.0 Å². The lowest BCUT2D eigenvalue weighted by Crippen LogP contribution is -2.33. The zero-order chi connectivity index (χ0) is 17.4. The molecule has 2 aromatic carbocycles. The van der Waals surface area contributed by atoms with Gasteiger partial charge < -0.3 is 14.2 Å². The average Bonchev–Trinajstić information content (AvgIpc) is 2.62. The average molecular weight is 328 g/mol. The van der Waals surface area contributed by atoms with Crippen LogP contribution in [-0.2, 0) is 4.79 Å². The maximum atomic E-state index is 12.0. The van der Waals surface area contributed by atoms with Crippen LogP contribution in [0, 0.1) is 0 Å². The van der Waals surface area contributed by atoms with Crippen LogP contribution in [-0.4, -0.2) is 32.4 Å². The van der Waals surface area contributed by atoms with Crippen molar-refractivity contribution in [2.24, 2.45) is 5.10 Å². The van der Waals surface area contributed by atoms with E-state index in [4.69, 9.17) is 14.2 Å². The number of nitrogens with zero attached hydrogens (tertiary/aromatic N) is 1. The second kappa shape index (κ2) is 8.57. The highest BCUT2D eigenvalue weighted by molar-refractivity contribution is 5.86. The molecule has 0 fully saturated rings. The molecule has 6 nitrogen and oxygen atoms in total. The van der Waals surface area contributed by atoms with Crippen molar-refractivity contribution < 1.29 is 19.0 Å². The predicted octanol–water partition coefficient (Wildman–Crippen LogP) is 2.62. The Bertz CT molecular complexity index is 701. The number of para-hydroxylation sites is 1. The molecule has 0 aliphatic carbocycles. The summed E-state index contributed by atoms with van der Waals surface area (Å²) in [4.78, 5) is 12.0. The van der Waals surface area contributed by atoms with Crippen LogP contribution in [0.2, 0.25) is 0 Å². The van der Waals surface area contributed by atoms with Crippen LogP contribution in [0.1, 0.15) is 12.5 Å². The molecule has 1 unspecified atom stereocenters. The summed E-state index contributed by atoms with van der Waals surface area (Å²) in [7, 11) is 3.14. The first-order valence-corrected chi connectivity index (χ1v) is 7.40. The van der Waals surface area contributed by atoms with Crippen molar-refractivity contribution in [2.75, 3.05) is 14.2 Å². The number of amides is 1. The molecule has 0 saturated carbocycles. The van der Waals surface area contributed by atoms with Gasteiger partial charge >= 0.3 is 0 Å². The van der Waals surface area contributed by atoms with E-state index in [1.165, 1.54) is 6.21 Å². The van der Waals surface area contributed by atoms with Gasteiger partial charge in [0, 0.05) is 5.56 Å². The van der Waals surface area contributed by atoms with Gasteiger partial charge in [0.05, 0.1) is 20.4 Å². The van der Waals surface area contributed by atoms with E-state index in [1.807, 2.05) is 18.2 Å². The van der Waals surface area contributed by atoms with Crippen molar-refractivity contribution >= 4 is 12.1 Å². The van der Waals surface area contributed by atoms with E-state index in [0.717, 1.165) is 0 Å². The number of hydrogen-bond acceptors (Lipinski definition) is 5. The summed E-state index contributed by atoms with van der Waals surface area (Å²) < 4.78 is 15.9. The second-order valence-electron chi connectivity index (χ2n) is 4.92. The minimum atomic E-state index is -0.670. The van der Waals surface area contributed by atoms with Crippen LogP contribution < -0.4 is 19.6 Å². The quantitative estimate of drug-likeness (QED) is 0.626. The first kappa shape index (κ1) is 17.3. The standard InChI is InChI=1S/C18H20N2O4/c1-13(24-15-7-5-4-6-8-15)18(21)20-19-12-14-11-16(22-2)9-10-17(14)23-3/h4-13H,1-3H3,(H,20,21)/b19-12+. The van der Waals surface area contributed by atoms with E-state index in [0.29, 0.717) is 22.8 Å². The third-order valence-electron chi connectivity index (χ3n) is 3.24. The zero-order valence-electron chi connectivity index (χ0n) is 13.9. The third kappa shape index (κ3) is 4.74. The fraction of sp³-hybridized carbons (Fsp3) is 0.222. The van der Waals surface area contributed by atoms with Crippen LogP contribution in [0.25, 0.3) is 0 Å². The Morgan fingerprint density at radius 3 is 2.50 bits per heavy atom. The maximum absolute atomic E-state index is 12.0. The van der Waals surface area contributed by atoms with E-state index < -0.39 is 6.10 Å². The van der Waals surface area contributed by atoms with E-state index in [9.17, 15) is 4.79 Å². The molecule has 2 aromatic rings. The lowest BCUT2D eigenvalue weighted by Gasteiger charge is -2.12. The van der Waals surface area contributed by atoms with Crippen LogP contribution in [0.5, 0.6) is 17.2 Å². The number of hydrazone groups is 1. The molecule has 6 heteroatoms. The van der Waals surface area contributed by atoms with Crippen molar-refractivity contribution in [3.8, 4) is 17.2 Å². The van der Waals surface area contributed by atoms with Crippen LogP contribution in [0.15, 0.2) is 53.6 Å².